The lowest BCUT2D eigenvalue weighted by molar-refractivity contribution is 0.0601. The molecule has 0 atom stereocenters. The molecule has 0 saturated carbocycles. The molecule has 3 nitrogen and oxygen atoms in total. The largest absolute Gasteiger partial charge is 0.465 e. The monoisotopic (exact) mass is 330 g/mol. The Kier molecular flexibility index (Phi) is 3.32. The second-order valence-electron chi connectivity index (χ2n) is 4.36. The molecule has 4 heteroatoms. The minimum Gasteiger partial charge on any atom is -0.465 e. The van der Waals surface area contributed by atoms with Crippen molar-refractivity contribution in [2.45, 2.75) is 0 Å². The Morgan fingerprint density at radius 2 is 1.85 bits per heavy atom. The van der Waals surface area contributed by atoms with E-state index in [0.29, 0.717) is 5.56 Å². The molecule has 100 valence electrons. The molecular weight excluding hydrogens is 320 g/mol. The highest BCUT2D eigenvalue weighted by Gasteiger charge is 2.09. The predicted octanol–water partition coefficient (Wildman–Crippen LogP) is 4.65. The first-order valence-corrected chi connectivity index (χ1v) is 6.84. The van der Waals surface area contributed by atoms with E-state index in [0.717, 1.165) is 26.8 Å². The zero-order valence-corrected chi connectivity index (χ0v) is 12.3. The molecule has 1 aromatic heterocycles. The van der Waals surface area contributed by atoms with Gasteiger partial charge in [-0.05, 0) is 36.4 Å². The third kappa shape index (κ3) is 2.34. The molecule has 0 unspecified atom stereocenters. The van der Waals surface area contributed by atoms with Crippen LogP contribution in [0, 0.1) is 0 Å². The minimum atomic E-state index is -0.343. The van der Waals surface area contributed by atoms with Crippen molar-refractivity contribution in [3.8, 4) is 11.3 Å². The quantitative estimate of drug-likeness (QED) is 0.642. The van der Waals surface area contributed by atoms with Crippen LogP contribution in [0.2, 0.25) is 0 Å². The van der Waals surface area contributed by atoms with Crippen LogP contribution in [-0.4, -0.2) is 13.1 Å². The zero-order chi connectivity index (χ0) is 14.1. The molecule has 20 heavy (non-hydrogen) atoms. The van der Waals surface area contributed by atoms with E-state index >= 15 is 0 Å². The number of benzene rings is 2. The van der Waals surface area contributed by atoms with Gasteiger partial charge in [-0.25, -0.2) is 4.79 Å². The summed E-state index contributed by atoms with van der Waals surface area (Å²) >= 11 is 3.42. The van der Waals surface area contributed by atoms with E-state index in [4.69, 9.17) is 4.42 Å². The smallest absolute Gasteiger partial charge is 0.337 e. The number of fused-ring (bicyclic) bond motifs is 1. The summed E-state index contributed by atoms with van der Waals surface area (Å²) in [6, 6.07) is 15.0. The van der Waals surface area contributed by atoms with E-state index in [1.807, 2.05) is 36.4 Å². The fraction of sp³-hybridized carbons (Fsp3) is 0.0625. The van der Waals surface area contributed by atoms with Gasteiger partial charge in [-0.2, -0.15) is 0 Å². The van der Waals surface area contributed by atoms with Crippen LogP contribution < -0.4 is 0 Å². The van der Waals surface area contributed by atoms with Crippen LogP contribution in [0.4, 0.5) is 0 Å². The minimum absolute atomic E-state index is 0.343. The Hall–Kier alpha value is -2.07. The zero-order valence-electron chi connectivity index (χ0n) is 10.7. The number of halogens is 1. The van der Waals surface area contributed by atoms with Gasteiger partial charge in [0, 0.05) is 15.4 Å². The summed E-state index contributed by atoms with van der Waals surface area (Å²) in [6.45, 7) is 0. The Bertz CT molecular complexity index is 772. The van der Waals surface area contributed by atoms with Gasteiger partial charge in [-0.3, -0.25) is 0 Å². The maximum atomic E-state index is 11.4. The molecule has 3 aromatic rings. The molecule has 1 heterocycles. The van der Waals surface area contributed by atoms with Gasteiger partial charge in [0.2, 0.25) is 0 Å². The van der Waals surface area contributed by atoms with Crippen molar-refractivity contribution >= 4 is 32.9 Å². The molecule has 0 radical (unpaired) electrons. The molecule has 0 saturated heterocycles. The lowest BCUT2D eigenvalue weighted by Gasteiger charge is -2.00. The fourth-order valence-electron chi connectivity index (χ4n) is 2.04. The summed E-state index contributed by atoms with van der Waals surface area (Å²) in [5, 5.41) is 1.04. The topological polar surface area (TPSA) is 39.4 Å². The number of methoxy groups -OCH3 is 1. The Morgan fingerprint density at radius 3 is 2.55 bits per heavy atom. The third-order valence-corrected chi connectivity index (χ3v) is 3.57. The van der Waals surface area contributed by atoms with Crippen LogP contribution in [-0.2, 0) is 4.74 Å². The third-order valence-electron chi connectivity index (χ3n) is 3.07. The van der Waals surface area contributed by atoms with Crippen LogP contribution in [0.5, 0.6) is 0 Å². The molecule has 0 amide bonds. The Balaban J connectivity index is 2.00. The highest BCUT2D eigenvalue weighted by molar-refractivity contribution is 9.10. The number of hydrogen-bond acceptors (Lipinski definition) is 3. The van der Waals surface area contributed by atoms with Gasteiger partial charge in [-0.1, -0.05) is 28.1 Å². The van der Waals surface area contributed by atoms with E-state index in [-0.39, 0.29) is 5.97 Å². The highest BCUT2D eigenvalue weighted by atomic mass is 79.9. The van der Waals surface area contributed by atoms with Gasteiger partial charge < -0.3 is 9.15 Å². The van der Waals surface area contributed by atoms with E-state index in [9.17, 15) is 4.79 Å². The van der Waals surface area contributed by atoms with E-state index in [1.54, 1.807) is 12.1 Å². The SMILES string of the molecule is COC(=O)c1ccc(-c2cc3ccc(Br)cc3o2)cc1. The molecule has 0 aliphatic carbocycles. The van der Waals surface area contributed by atoms with Crippen LogP contribution in [0.25, 0.3) is 22.3 Å². The molecule has 0 fully saturated rings. The van der Waals surface area contributed by atoms with Crippen molar-refractivity contribution in [2.75, 3.05) is 7.11 Å². The predicted molar refractivity (Wildman–Crippen MR) is 80.7 cm³/mol. The maximum Gasteiger partial charge on any atom is 0.337 e. The Labute approximate surface area is 124 Å². The van der Waals surface area contributed by atoms with Crippen LogP contribution >= 0.6 is 15.9 Å². The second kappa shape index (κ2) is 5.13. The van der Waals surface area contributed by atoms with E-state index in [2.05, 4.69) is 20.7 Å². The summed E-state index contributed by atoms with van der Waals surface area (Å²) in [5.41, 5.74) is 2.27. The van der Waals surface area contributed by atoms with E-state index in [1.165, 1.54) is 7.11 Å². The highest BCUT2D eigenvalue weighted by Crippen LogP contribution is 2.29. The van der Waals surface area contributed by atoms with Gasteiger partial charge in [0.1, 0.15) is 11.3 Å². The molecule has 0 bridgehead atoms. The lowest BCUT2D eigenvalue weighted by atomic mass is 10.1. The van der Waals surface area contributed by atoms with Crippen molar-refractivity contribution in [2.24, 2.45) is 0 Å². The summed E-state index contributed by atoms with van der Waals surface area (Å²) in [4.78, 5) is 11.4. The summed E-state index contributed by atoms with van der Waals surface area (Å²) in [5.74, 6) is 0.430. The molecule has 0 N–H and O–H groups in total. The number of carbonyl (C=O) groups excluding carboxylic acids is 1. The second-order valence-corrected chi connectivity index (χ2v) is 5.28. The van der Waals surface area contributed by atoms with Gasteiger partial charge in [-0.15, -0.1) is 0 Å². The summed E-state index contributed by atoms with van der Waals surface area (Å²) < 4.78 is 11.5. The first-order valence-electron chi connectivity index (χ1n) is 6.05. The summed E-state index contributed by atoms with van der Waals surface area (Å²) in [6.07, 6.45) is 0. The van der Waals surface area contributed by atoms with Crippen molar-refractivity contribution in [1.29, 1.82) is 0 Å². The molecule has 2 aromatic carbocycles. The van der Waals surface area contributed by atoms with Crippen LogP contribution in [0.15, 0.2) is 57.4 Å². The maximum absolute atomic E-state index is 11.4. The number of hydrogen-bond donors (Lipinski definition) is 0. The van der Waals surface area contributed by atoms with Gasteiger partial charge in [0.05, 0.1) is 12.7 Å². The molecule has 0 aliphatic rings. The first-order chi connectivity index (χ1) is 9.67. The van der Waals surface area contributed by atoms with Crippen molar-refractivity contribution in [3.05, 3.63) is 58.6 Å². The normalized spacial score (nSPS) is 10.7. The molecular formula is C16H11BrO3. The summed E-state index contributed by atoms with van der Waals surface area (Å²) in [7, 11) is 1.37. The standard InChI is InChI=1S/C16H11BrO3/c1-19-16(18)11-4-2-10(3-5-11)14-8-12-6-7-13(17)9-15(12)20-14/h2-9H,1H3. The van der Waals surface area contributed by atoms with Crippen LogP contribution in [0.3, 0.4) is 0 Å². The van der Waals surface area contributed by atoms with Crippen LogP contribution in [0.1, 0.15) is 10.4 Å². The molecule has 0 spiro atoms. The average Bonchev–Trinajstić information content (AvgIpc) is 2.89. The van der Waals surface area contributed by atoms with Gasteiger partial charge >= 0.3 is 5.97 Å². The van der Waals surface area contributed by atoms with Crippen molar-refractivity contribution in [1.82, 2.24) is 0 Å². The van der Waals surface area contributed by atoms with E-state index < -0.39 is 0 Å². The molecule has 0 aliphatic heterocycles. The number of carbonyl (C=O) groups is 1. The molecule has 3 rings (SSSR count). The number of esters is 1. The lowest BCUT2D eigenvalue weighted by Crippen LogP contribution is -2.00. The number of rotatable bonds is 2. The Morgan fingerprint density at radius 1 is 1.10 bits per heavy atom. The van der Waals surface area contributed by atoms with Gasteiger partial charge in [0.25, 0.3) is 0 Å². The number of ether oxygens (including phenoxy) is 1. The first kappa shape index (κ1) is 12.9. The van der Waals surface area contributed by atoms with Gasteiger partial charge in [0.15, 0.2) is 0 Å². The fourth-order valence-corrected chi connectivity index (χ4v) is 2.38. The van der Waals surface area contributed by atoms with Crippen molar-refractivity contribution < 1.29 is 13.9 Å². The number of furan rings is 1. The average molecular weight is 331 g/mol. The van der Waals surface area contributed by atoms with Crippen molar-refractivity contribution in [3.63, 3.8) is 0 Å².